The second-order valence-electron chi connectivity index (χ2n) is 13.2. The van der Waals surface area contributed by atoms with Crippen molar-refractivity contribution in [2.24, 2.45) is 16.7 Å². The van der Waals surface area contributed by atoms with Crippen molar-refractivity contribution in [3.8, 4) is 0 Å². The number of hydrogen-bond donors (Lipinski definition) is 0. The first kappa shape index (κ1) is 32.0. The molecule has 2 saturated carbocycles. The van der Waals surface area contributed by atoms with Crippen molar-refractivity contribution < 1.29 is 16.8 Å². The Morgan fingerprint density at radius 1 is 0.698 bits per heavy atom. The Morgan fingerprint density at radius 3 is 1.40 bits per heavy atom. The van der Waals surface area contributed by atoms with E-state index >= 15 is 0 Å². The molecule has 232 valence electrons. The van der Waals surface area contributed by atoms with Gasteiger partial charge in [-0.1, -0.05) is 90.3 Å². The van der Waals surface area contributed by atoms with Crippen LogP contribution in [0.1, 0.15) is 89.8 Å². The molecular weight excluding hydrogens is 573 g/mol. The van der Waals surface area contributed by atoms with Gasteiger partial charge in [0.25, 0.3) is 10.1 Å². The Balaban J connectivity index is 1.69. The van der Waals surface area contributed by atoms with Gasteiger partial charge < -0.3 is 0 Å². The Hall–Kier alpha value is -2.41. The third-order valence-electron chi connectivity index (χ3n) is 10.1. The molecule has 2 fully saturated rings. The summed E-state index contributed by atoms with van der Waals surface area (Å²) >= 11 is 0. The van der Waals surface area contributed by atoms with Gasteiger partial charge in [0, 0.05) is 21.1 Å². The van der Waals surface area contributed by atoms with Crippen LogP contribution in [0.15, 0.2) is 87.5 Å². The molecule has 2 unspecified atom stereocenters. The lowest BCUT2D eigenvalue weighted by molar-refractivity contribution is -0.128. The molecule has 0 heterocycles. The number of aryl methyl sites for hydroxylation is 3. The summed E-state index contributed by atoms with van der Waals surface area (Å²) in [6.07, 6.45) is 7.95. The van der Waals surface area contributed by atoms with Crippen LogP contribution in [-0.2, 0) is 37.8 Å². The van der Waals surface area contributed by atoms with E-state index < -0.39 is 25.8 Å². The number of Topliss-reactive ketones (excluding diaryl/α,β-unsaturated/α-hetero) is 1. The van der Waals surface area contributed by atoms with Gasteiger partial charge in [0.2, 0.25) is 0 Å². The van der Waals surface area contributed by atoms with Crippen LogP contribution in [0.2, 0.25) is 0 Å². The molecular formula is C37H48O4S2. The molecule has 2 aliphatic carbocycles. The van der Waals surface area contributed by atoms with Crippen LogP contribution < -0.4 is 0 Å². The summed E-state index contributed by atoms with van der Waals surface area (Å²) < 4.78 is 35.7. The van der Waals surface area contributed by atoms with Gasteiger partial charge in [0.05, 0.1) is 11.2 Å². The minimum absolute atomic E-state index is 0.0817. The quantitative estimate of drug-likeness (QED) is 0.191. The van der Waals surface area contributed by atoms with Gasteiger partial charge in [-0.25, -0.2) is 3.63 Å². The van der Waals surface area contributed by atoms with Crippen molar-refractivity contribution in [1.29, 1.82) is 0 Å². The molecule has 5 rings (SSSR count). The molecule has 3 aromatic rings. The average Bonchev–Trinajstić information content (AvgIpc) is 3.32. The van der Waals surface area contributed by atoms with E-state index in [0.717, 1.165) is 59.6 Å². The summed E-state index contributed by atoms with van der Waals surface area (Å²) in [7, 11) is -6.86. The van der Waals surface area contributed by atoms with Crippen LogP contribution in [0.25, 0.3) is 0 Å². The van der Waals surface area contributed by atoms with E-state index in [0.29, 0.717) is 12.8 Å². The van der Waals surface area contributed by atoms with Gasteiger partial charge in [0.15, 0.2) is 0 Å². The van der Waals surface area contributed by atoms with Crippen LogP contribution in [0.3, 0.4) is 0 Å². The lowest BCUT2D eigenvalue weighted by Crippen LogP contribution is -2.42. The molecule has 2 bridgehead atoms. The molecule has 6 heteroatoms. The first-order chi connectivity index (χ1) is 20.5. The maximum atomic E-state index is 14.5. The Labute approximate surface area is 261 Å². The highest BCUT2D eigenvalue weighted by molar-refractivity contribution is 8.33. The molecule has 4 nitrogen and oxygen atoms in total. The minimum Gasteiger partial charge on any atom is -0.299 e. The lowest BCUT2D eigenvalue weighted by Gasteiger charge is -2.42. The maximum absolute atomic E-state index is 14.5. The van der Waals surface area contributed by atoms with E-state index in [9.17, 15) is 13.2 Å². The number of hydrogen-bond acceptors (Lipinski definition) is 4. The van der Waals surface area contributed by atoms with Gasteiger partial charge in [-0.3, -0.25) is 4.79 Å². The number of rotatable bonds is 13. The fourth-order valence-electron chi connectivity index (χ4n) is 7.52. The van der Waals surface area contributed by atoms with Crippen LogP contribution in [0.5, 0.6) is 0 Å². The van der Waals surface area contributed by atoms with Crippen molar-refractivity contribution in [2.75, 3.05) is 5.75 Å². The first-order valence-electron chi connectivity index (χ1n) is 16.1. The van der Waals surface area contributed by atoms with E-state index in [1.807, 2.05) is 0 Å². The molecule has 0 spiro atoms. The second-order valence-corrected chi connectivity index (χ2v) is 17.6. The summed E-state index contributed by atoms with van der Waals surface area (Å²) in [6, 6.07) is 25.0. The molecule has 0 aromatic heterocycles. The van der Waals surface area contributed by atoms with Gasteiger partial charge in [0.1, 0.15) is 5.78 Å². The number of ketones is 1. The smallest absolute Gasteiger partial charge is 0.278 e. The third kappa shape index (κ3) is 5.87. The number of benzene rings is 3. The highest BCUT2D eigenvalue weighted by atomic mass is 32.3. The summed E-state index contributed by atoms with van der Waals surface area (Å²) in [6.45, 7) is 10.6. The molecule has 43 heavy (non-hydrogen) atoms. The zero-order chi connectivity index (χ0) is 30.9. The van der Waals surface area contributed by atoms with E-state index in [2.05, 4.69) is 107 Å². The van der Waals surface area contributed by atoms with Crippen molar-refractivity contribution in [1.82, 2.24) is 0 Å². The zero-order valence-electron chi connectivity index (χ0n) is 26.5. The van der Waals surface area contributed by atoms with Crippen LogP contribution in [-0.4, -0.2) is 20.0 Å². The van der Waals surface area contributed by atoms with Gasteiger partial charge in [-0.2, -0.15) is 8.42 Å². The zero-order valence-corrected chi connectivity index (χ0v) is 28.2. The molecule has 3 aromatic carbocycles. The normalized spacial score (nSPS) is 21.8. The topological polar surface area (TPSA) is 60.4 Å². The Bertz CT molecular complexity index is 1400. The fourth-order valence-corrected chi connectivity index (χ4v) is 13.6. The molecule has 0 aliphatic heterocycles. The highest BCUT2D eigenvalue weighted by Crippen LogP contribution is 2.71. The maximum Gasteiger partial charge on any atom is 0.278 e. The highest BCUT2D eigenvalue weighted by Gasteiger charge is 2.65. The van der Waals surface area contributed by atoms with E-state index in [4.69, 9.17) is 3.63 Å². The fraction of sp³-hybridized carbons (Fsp3) is 0.486. The largest absolute Gasteiger partial charge is 0.299 e. The lowest BCUT2D eigenvalue weighted by atomic mass is 9.70. The SMILES string of the molecule is CCCc1ccc(S(OS(=O)(=O)CC23CCC(CC2=O)C3(C)C)(c2ccc(CCC)cc2)c2ccc(CCC)cc2)cc1. The van der Waals surface area contributed by atoms with E-state index in [1.165, 1.54) is 16.7 Å². The van der Waals surface area contributed by atoms with E-state index in [-0.39, 0.29) is 22.9 Å². The van der Waals surface area contributed by atoms with Gasteiger partial charge >= 0.3 is 0 Å². The third-order valence-corrected chi connectivity index (χ3v) is 15.5. The van der Waals surface area contributed by atoms with E-state index in [1.54, 1.807) is 0 Å². The van der Waals surface area contributed by atoms with Crippen molar-refractivity contribution in [3.05, 3.63) is 89.5 Å². The number of carbonyl (C=O) groups is 1. The standard InChI is InChI=1S/C37H48O4S2/c1-6-9-28-12-18-32(19-13-28)43(33-20-14-29(10-7-2)15-21-33,34-22-16-30(11-8-3)17-23-34)41-42(39,40)27-37-25-24-31(26-35(37)38)36(37,4)5/h12-23,31H,6-11,24-27H2,1-5H3. The predicted molar refractivity (Wildman–Crippen MR) is 177 cm³/mol. The van der Waals surface area contributed by atoms with Crippen molar-refractivity contribution in [2.45, 2.75) is 107 Å². The van der Waals surface area contributed by atoms with Gasteiger partial charge in [-0.05, 0) is 107 Å². The predicted octanol–water partition coefficient (Wildman–Crippen LogP) is 9.48. The van der Waals surface area contributed by atoms with Gasteiger partial charge in [-0.15, -0.1) is 0 Å². The molecule has 0 amide bonds. The summed E-state index contributed by atoms with van der Waals surface area (Å²) in [5.41, 5.74) is 2.38. The molecule has 0 N–H and O–H groups in total. The summed E-state index contributed by atoms with van der Waals surface area (Å²) in [5.74, 6) is 0.0428. The monoisotopic (exact) mass is 620 g/mol. The summed E-state index contributed by atoms with van der Waals surface area (Å²) in [5, 5.41) is 0. The average molecular weight is 621 g/mol. The van der Waals surface area contributed by atoms with Crippen LogP contribution in [0, 0.1) is 16.7 Å². The summed E-state index contributed by atoms with van der Waals surface area (Å²) in [4.78, 5) is 16.0. The van der Waals surface area contributed by atoms with Crippen LogP contribution in [0.4, 0.5) is 0 Å². The van der Waals surface area contributed by atoms with Crippen molar-refractivity contribution in [3.63, 3.8) is 0 Å². The second kappa shape index (κ2) is 12.5. The molecule has 2 atom stereocenters. The number of carbonyl (C=O) groups excluding carboxylic acids is 1. The Morgan fingerprint density at radius 2 is 1.09 bits per heavy atom. The molecule has 0 radical (unpaired) electrons. The van der Waals surface area contributed by atoms with Crippen LogP contribution >= 0.6 is 10.3 Å². The molecule has 2 aliphatic rings. The van der Waals surface area contributed by atoms with Crippen molar-refractivity contribution >= 4 is 26.2 Å². The molecule has 0 saturated heterocycles. The minimum atomic E-state index is -4.16. The number of fused-ring (bicyclic) bond motifs is 2. The first-order valence-corrected chi connectivity index (χ1v) is 19.2. The Kier molecular flexibility index (Phi) is 9.33.